The van der Waals surface area contributed by atoms with Gasteiger partial charge >= 0.3 is 5.97 Å². The van der Waals surface area contributed by atoms with Crippen molar-refractivity contribution in [3.63, 3.8) is 0 Å². The number of nitrogens with zero attached hydrogens (tertiary/aromatic N) is 2. The molecule has 0 spiro atoms. The van der Waals surface area contributed by atoms with Crippen LogP contribution in [-0.4, -0.2) is 20.5 Å². The molecule has 0 amide bonds. The number of carboxylic acid groups (broad SMARTS) is 1. The molecule has 1 N–H and O–H groups in total. The number of aromatic nitrogens is 2. The maximum Gasteiger partial charge on any atom is 0.357 e. The zero-order chi connectivity index (χ0) is 12.1. The molecule has 2 aromatic rings. The highest BCUT2D eigenvalue weighted by Crippen LogP contribution is 2.31. The van der Waals surface area contributed by atoms with Crippen LogP contribution < -0.4 is 0 Å². The molecule has 0 aliphatic carbocycles. The van der Waals surface area contributed by atoms with Crippen molar-refractivity contribution in [2.75, 3.05) is 0 Å². The van der Waals surface area contributed by atoms with E-state index in [-0.39, 0.29) is 16.3 Å². The smallest absolute Gasteiger partial charge is 0.357 e. The van der Waals surface area contributed by atoms with Gasteiger partial charge in [0.05, 0.1) is 0 Å². The molecule has 0 atom stereocenters. The topological polar surface area (TPSA) is 54.6 Å². The fourth-order valence-electron chi connectivity index (χ4n) is 1.48. The van der Waals surface area contributed by atoms with Gasteiger partial charge in [0.2, 0.25) is 0 Å². The number of rotatable bonds is 1. The average molecular weight is 259 g/mol. The van der Waals surface area contributed by atoms with Gasteiger partial charge < -0.3 is 5.11 Å². The third-order valence-corrected chi connectivity index (χ3v) is 3.45. The van der Waals surface area contributed by atoms with Gasteiger partial charge in [0.25, 0.3) is 0 Å². The van der Waals surface area contributed by atoms with Crippen molar-refractivity contribution in [3.05, 3.63) is 21.9 Å². The molecular weight excluding hydrogens is 248 g/mol. The number of carboxylic acids is 1. The molecule has 2 rings (SSSR count). The molecular formula is C10H11ClN2O2S. The predicted octanol–water partition coefficient (Wildman–Crippen LogP) is 3.04. The van der Waals surface area contributed by atoms with Crippen molar-refractivity contribution in [1.29, 1.82) is 0 Å². The molecule has 16 heavy (non-hydrogen) atoms. The molecule has 4 nitrogen and oxygen atoms in total. The second-order valence-electron chi connectivity index (χ2n) is 4.55. The lowest BCUT2D eigenvalue weighted by atomic mass is 9.93. The number of hydrogen-bond donors (Lipinski definition) is 1. The molecule has 86 valence electrons. The van der Waals surface area contributed by atoms with Crippen LogP contribution in [0, 0.1) is 0 Å². The second kappa shape index (κ2) is 3.46. The summed E-state index contributed by atoms with van der Waals surface area (Å²) in [4.78, 5) is 15.5. The minimum Gasteiger partial charge on any atom is -0.476 e. The molecule has 0 aliphatic heterocycles. The van der Waals surface area contributed by atoms with E-state index in [4.69, 9.17) is 16.7 Å². The first kappa shape index (κ1) is 11.4. The van der Waals surface area contributed by atoms with E-state index >= 15 is 0 Å². The van der Waals surface area contributed by atoms with Crippen molar-refractivity contribution in [3.8, 4) is 0 Å². The van der Waals surface area contributed by atoms with Gasteiger partial charge in [0, 0.05) is 16.5 Å². The molecule has 0 fully saturated rings. The Morgan fingerprint density at radius 3 is 2.69 bits per heavy atom. The van der Waals surface area contributed by atoms with Gasteiger partial charge in [0.1, 0.15) is 5.15 Å². The van der Waals surface area contributed by atoms with Crippen LogP contribution in [-0.2, 0) is 5.41 Å². The molecule has 6 heteroatoms. The lowest BCUT2D eigenvalue weighted by Gasteiger charge is -2.17. The number of fused-ring (bicyclic) bond motifs is 1. The maximum absolute atomic E-state index is 10.9. The quantitative estimate of drug-likeness (QED) is 0.855. The summed E-state index contributed by atoms with van der Waals surface area (Å²) >= 11 is 7.43. The Hall–Kier alpha value is -1.07. The van der Waals surface area contributed by atoms with E-state index in [9.17, 15) is 4.79 Å². The van der Waals surface area contributed by atoms with E-state index in [0.717, 1.165) is 5.69 Å². The van der Waals surface area contributed by atoms with Gasteiger partial charge in [-0.3, -0.25) is 4.40 Å². The van der Waals surface area contributed by atoms with E-state index in [1.54, 1.807) is 4.40 Å². The summed E-state index contributed by atoms with van der Waals surface area (Å²) in [6.07, 6.45) is 0. The van der Waals surface area contributed by atoms with Crippen LogP contribution >= 0.6 is 22.9 Å². The second-order valence-corrected chi connectivity index (χ2v) is 5.74. The Morgan fingerprint density at radius 2 is 2.19 bits per heavy atom. The van der Waals surface area contributed by atoms with Crippen LogP contribution in [0.5, 0.6) is 0 Å². The Kier molecular flexibility index (Phi) is 2.47. The van der Waals surface area contributed by atoms with Crippen LogP contribution in [0.15, 0.2) is 5.38 Å². The Labute approximate surface area is 101 Å². The lowest BCUT2D eigenvalue weighted by molar-refractivity contribution is 0.0691. The van der Waals surface area contributed by atoms with E-state index in [2.05, 4.69) is 4.98 Å². The first-order valence-electron chi connectivity index (χ1n) is 4.71. The first-order chi connectivity index (χ1) is 7.32. The summed E-state index contributed by atoms with van der Waals surface area (Å²) in [5.74, 6) is -1.10. The summed E-state index contributed by atoms with van der Waals surface area (Å²) in [5, 5.41) is 11.1. The maximum atomic E-state index is 10.9. The van der Waals surface area contributed by atoms with Crippen LogP contribution in [0.3, 0.4) is 0 Å². The summed E-state index contributed by atoms with van der Waals surface area (Å²) in [5.41, 5.74) is 0.787. The largest absolute Gasteiger partial charge is 0.476 e. The van der Waals surface area contributed by atoms with Crippen molar-refractivity contribution < 1.29 is 9.90 Å². The molecule has 2 heterocycles. The standard InChI is InChI=1S/C10H11ClN2O2S/c1-10(2,3)5-4-16-9-12-6(8(14)15)7(11)13(5)9/h4H,1-3H3,(H,14,15). The van der Waals surface area contributed by atoms with Crippen molar-refractivity contribution in [1.82, 2.24) is 9.38 Å². The number of aromatic carboxylic acids is 1. The van der Waals surface area contributed by atoms with E-state index in [0.29, 0.717) is 4.96 Å². The fourth-order valence-corrected chi connectivity index (χ4v) is 2.94. The SMILES string of the molecule is CC(C)(C)c1csc2nc(C(=O)O)c(Cl)n12. The normalized spacial score (nSPS) is 12.2. The van der Waals surface area contributed by atoms with Gasteiger partial charge in [-0.05, 0) is 0 Å². The first-order valence-corrected chi connectivity index (χ1v) is 5.97. The highest BCUT2D eigenvalue weighted by atomic mass is 35.5. The number of halogens is 1. The molecule has 0 saturated heterocycles. The van der Waals surface area contributed by atoms with Crippen LogP contribution in [0.2, 0.25) is 5.15 Å². The van der Waals surface area contributed by atoms with Crippen LogP contribution in [0.25, 0.3) is 4.96 Å². The van der Waals surface area contributed by atoms with Crippen molar-refractivity contribution >= 4 is 33.9 Å². The van der Waals surface area contributed by atoms with E-state index < -0.39 is 5.97 Å². The van der Waals surface area contributed by atoms with E-state index in [1.807, 2.05) is 26.2 Å². The third kappa shape index (κ3) is 1.60. The summed E-state index contributed by atoms with van der Waals surface area (Å²) in [6.45, 7) is 6.14. The lowest BCUT2D eigenvalue weighted by Crippen LogP contribution is -2.14. The van der Waals surface area contributed by atoms with Gasteiger partial charge in [-0.15, -0.1) is 11.3 Å². The number of imidazole rings is 1. The number of hydrogen-bond acceptors (Lipinski definition) is 3. The third-order valence-electron chi connectivity index (χ3n) is 2.28. The average Bonchev–Trinajstić information content (AvgIpc) is 2.64. The van der Waals surface area contributed by atoms with Gasteiger partial charge in [-0.1, -0.05) is 32.4 Å². The zero-order valence-electron chi connectivity index (χ0n) is 9.11. The summed E-state index contributed by atoms with van der Waals surface area (Å²) in [7, 11) is 0. The molecule has 0 aromatic carbocycles. The summed E-state index contributed by atoms with van der Waals surface area (Å²) in [6, 6.07) is 0. The van der Waals surface area contributed by atoms with Crippen LogP contribution in [0.4, 0.5) is 0 Å². The Bertz CT molecular complexity index is 565. The number of carbonyl (C=O) groups is 1. The van der Waals surface area contributed by atoms with Gasteiger partial charge in [-0.25, -0.2) is 9.78 Å². The van der Waals surface area contributed by atoms with Crippen molar-refractivity contribution in [2.45, 2.75) is 26.2 Å². The van der Waals surface area contributed by atoms with Gasteiger partial charge in [0.15, 0.2) is 10.7 Å². The predicted molar refractivity (Wildman–Crippen MR) is 63.7 cm³/mol. The monoisotopic (exact) mass is 258 g/mol. The minimum absolute atomic E-state index is 0.0842. The molecule has 0 saturated carbocycles. The van der Waals surface area contributed by atoms with Gasteiger partial charge in [-0.2, -0.15) is 0 Å². The zero-order valence-corrected chi connectivity index (χ0v) is 10.7. The summed E-state index contributed by atoms with van der Waals surface area (Å²) < 4.78 is 1.70. The molecule has 0 bridgehead atoms. The fraction of sp³-hybridized carbons (Fsp3) is 0.400. The van der Waals surface area contributed by atoms with E-state index in [1.165, 1.54) is 11.3 Å². The molecule has 0 aliphatic rings. The molecule has 0 radical (unpaired) electrons. The minimum atomic E-state index is -1.10. The van der Waals surface area contributed by atoms with Crippen LogP contribution in [0.1, 0.15) is 37.0 Å². The Morgan fingerprint density at radius 1 is 1.56 bits per heavy atom. The Balaban J connectivity index is 2.77. The molecule has 2 aromatic heterocycles. The number of thiazole rings is 1. The van der Waals surface area contributed by atoms with Crippen molar-refractivity contribution in [2.24, 2.45) is 0 Å². The highest BCUT2D eigenvalue weighted by Gasteiger charge is 2.25. The highest BCUT2D eigenvalue weighted by molar-refractivity contribution is 7.15. The molecule has 0 unspecified atom stereocenters.